The smallest absolute Gasteiger partial charge is 0.318 e. The second-order valence-electron chi connectivity index (χ2n) is 7.01. The zero-order chi connectivity index (χ0) is 17.1. The number of nitrogens with one attached hydrogen (secondary N) is 1. The summed E-state index contributed by atoms with van der Waals surface area (Å²) in [6, 6.07) is 6.41. The van der Waals surface area contributed by atoms with Crippen molar-refractivity contribution in [3.63, 3.8) is 0 Å². The molecule has 0 saturated carbocycles. The average molecular weight is 332 g/mol. The van der Waals surface area contributed by atoms with Crippen LogP contribution in [0.4, 0.5) is 4.79 Å². The molecule has 5 nitrogen and oxygen atoms in total. The van der Waals surface area contributed by atoms with Gasteiger partial charge >= 0.3 is 6.03 Å². The van der Waals surface area contributed by atoms with Crippen LogP contribution in [0.3, 0.4) is 0 Å². The predicted octanol–water partition coefficient (Wildman–Crippen LogP) is 2.98. The van der Waals surface area contributed by atoms with E-state index in [1.807, 2.05) is 30.0 Å². The van der Waals surface area contributed by atoms with E-state index in [9.17, 15) is 9.90 Å². The summed E-state index contributed by atoms with van der Waals surface area (Å²) in [5.74, 6) is 0.882. The predicted molar refractivity (Wildman–Crippen MR) is 93.1 cm³/mol. The van der Waals surface area contributed by atoms with E-state index in [4.69, 9.17) is 4.74 Å². The van der Waals surface area contributed by atoms with E-state index >= 15 is 0 Å². The summed E-state index contributed by atoms with van der Waals surface area (Å²) in [6.45, 7) is 5.38. The van der Waals surface area contributed by atoms with Gasteiger partial charge in [-0.05, 0) is 62.3 Å². The number of piperidine rings is 1. The van der Waals surface area contributed by atoms with Gasteiger partial charge in [-0.1, -0.05) is 13.0 Å². The van der Waals surface area contributed by atoms with E-state index in [0.717, 1.165) is 42.7 Å². The third-order valence-corrected chi connectivity index (χ3v) is 5.16. The number of fused-ring (bicyclic) bond motifs is 2. The molecule has 132 valence electrons. The van der Waals surface area contributed by atoms with Gasteiger partial charge in [-0.3, -0.25) is 0 Å². The van der Waals surface area contributed by atoms with Gasteiger partial charge in [0.25, 0.3) is 0 Å². The van der Waals surface area contributed by atoms with Gasteiger partial charge in [0, 0.05) is 18.6 Å². The Kier molecular flexibility index (Phi) is 5.29. The number of carbonyl (C=O) groups is 1. The number of urea groups is 1. The van der Waals surface area contributed by atoms with Crippen LogP contribution in [0.5, 0.6) is 5.75 Å². The number of carbonyl (C=O) groups excluding carboxylic acids is 1. The molecule has 2 aliphatic rings. The molecule has 0 aromatic heterocycles. The summed E-state index contributed by atoms with van der Waals surface area (Å²) in [4.78, 5) is 14.5. The van der Waals surface area contributed by atoms with Crippen LogP contribution in [-0.2, 0) is 6.54 Å². The number of aliphatic hydroxyl groups excluding tert-OH is 1. The van der Waals surface area contributed by atoms with Gasteiger partial charge < -0.3 is 20.1 Å². The number of benzene rings is 1. The Labute approximate surface area is 144 Å². The van der Waals surface area contributed by atoms with Crippen LogP contribution in [0, 0.1) is 6.92 Å². The second-order valence-corrected chi connectivity index (χ2v) is 7.01. The van der Waals surface area contributed by atoms with Gasteiger partial charge in [-0.2, -0.15) is 0 Å². The Morgan fingerprint density at radius 2 is 2.04 bits per heavy atom. The molecule has 1 aromatic rings. The molecule has 1 aromatic carbocycles. The number of nitrogens with zero attached hydrogens (tertiary/aromatic N) is 1. The lowest BCUT2D eigenvalue weighted by atomic mass is 10.0. The highest BCUT2D eigenvalue weighted by atomic mass is 16.5. The molecule has 0 aliphatic carbocycles. The van der Waals surface area contributed by atoms with Crippen molar-refractivity contribution >= 4 is 6.03 Å². The Hall–Kier alpha value is -1.75. The molecule has 2 amide bonds. The van der Waals surface area contributed by atoms with Crippen molar-refractivity contribution in [1.82, 2.24) is 10.2 Å². The van der Waals surface area contributed by atoms with Gasteiger partial charge in [-0.15, -0.1) is 0 Å². The van der Waals surface area contributed by atoms with Crippen molar-refractivity contribution in [3.8, 4) is 5.75 Å². The van der Waals surface area contributed by atoms with Crippen molar-refractivity contribution in [2.45, 2.75) is 70.7 Å². The summed E-state index contributed by atoms with van der Waals surface area (Å²) in [5, 5.41) is 12.9. The van der Waals surface area contributed by atoms with Crippen LogP contribution < -0.4 is 10.1 Å². The molecule has 2 fully saturated rings. The minimum Gasteiger partial charge on any atom is -0.494 e. The van der Waals surface area contributed by atoms with E-state index in [1.165, 1.54) is 0 Å². The zero-order valence-electron chi connectivity index (χ0n) is 14.6. The summed E-state index contributed by atoms with van der Waals surface area (Å²) in [6.07, 6.45) is 4.20. The highest BCUT2D eigenvalue weighted by molar-refractivity contribution is 5.75. The molecule has 2 atom stereocenters. The average Bonchev–Trinajstić information content (AvgIpc) is 2.83. The Morgan fingerprint density at radius 3 is 2.67 bits per heavy atom. The first kappa shape index (κ1) is 17.1. The van der Waals surface area contributed by atoms with E-state index in [0.29, 0.717) is 19.4 Å². The second kappa shape index (κ2) is 7.43. The number of ether oxygens (including phenoxy) is 1. The summed E-state index contributed by atoms with van der Waals surface area (Å²) < 4.78 is 5.64. The monoisotopic (exact) mass is 332 g/mol. The van der Waals surface area contributed by atoms with Crippen LogP contribution in [0.15, 0.2) is 18.2 Å². The number of aliphatic hydroxyl groups is 1. The number of aryl methyl sites for hydroxylation is 1. The number of hydrogen-bond donors (Lipinski definition) is 2. The fourth-order valence-electron chi connectivity index (χ4n) is 3.92. The van der Waals surface area contributed by atoms with Crippen LogP contribution in [0.1, 0.15) is 50.2 Å². The van der Waals surface area contributed by atoms with Gasteiger partial charge in [-0.25, -0.2) is 4.79 Å². The molecule has 0 unspecified atom stereocenters. The Balaban J connectivity index is 1.57. The number of rotatable bonds is 5. The molecule has 0 radical (unpaired) electrons. The molecule has 24 heavy (non-hydrogen) atoms. The minimum absolute atomic E-state index is 0.000101. The first-order chi connectivity index (χ1) is 11.6. The highest BCUT2D eigenvalue weighted by Crippen LogP contribution is 2.35. The van der Waals surface area contributed by atoms with Gasteiger partial charge in [0.1, 0.15) is 5.75 Å². The summed E-state index contributed by atoms with van der Waals surface area (Å²) in [7, 11) is 0. The SMILES string of the molecule is CCCOc1ccc(CNC(=O)N2[C@H]3CC[C@H]2CC(O)C3)c(C)c1. The highest BCUT2D eigenvalue weighted by Gasteiger charge is 2.42. The van der Waals surface area contributed by atoms with E-state index < -0.39 is 0 Å². The largest absolute Gasteiger partial charge is 0.494 e. The fourth-order valence-corrected chi connectivity index (χ4v) is 3.92. The van der Waals surface area contributed by atoms with E-state index in [-0.39, 0.29) is 24.2 Å². The van der Waals surface area contributed by atoms with Crippen molar-refractivity contribution in [3.05, 3.63) is 29.3 Å². The van der Waals surface area contributed by atoms with Gasteiger partial charge in [0.15, 0.2) is 0 Å². The zero-order valence-corrected chi connectivity index (χ0v) is 14.6. The molecule has 2 heterocycles. The molecule has 5 heteroatoms. The topological polar surface area (TPSA) is 61.8 Å². The number of amides is 2. The van der Waals surface area contributed by atoms with Crippen LogP contribution in [-0.4, -0.2) is 40.8 Å². The minimum atomic E-state index is -0.246. The van der Waals surface area contributed by atoms with Crippen molar-refractivity contribution < 1.29 is 14.6 Å². The summed E-state index contributed by atoms with van der Waals surface area (Å²) >= 11 is 0. The van der Waals surface area contributed by atoms with Crippen LogP contribution in [0.2, 0.25) is 0 Å². The maximum absolute atomic E-state index is 12.6. The molecule has 2 N–H and O–H groups in total. The van der Waals surface area contributed by atoms with Crippen LogP contribution >= 0.6 is 0 Å². The van der Waals surface area contributed by atoms with Crippen molar-refractivity contribution in [1.29, 1.82) is 0 Å². The molecular formula is C19H28N2O3. The maximum Gasteiger partial charge on any atom is 0.318 e. The molecule has 3 rings (SSSR count). The fraction of sp³-hybridized carbons (Fsp3) is 0.632. The van der Waals surface area contributed by atoms with Crippen molar-refractivity contribution in [2.75, 3.05) is 6.61 Å². The van der Waals surface area contributed by atoms with E-state index in [1.54, 1.807) is 0 Å². The summed E-state index contributed by atoms with van der Waals surface area (Å²) in [5.41, 5.74) is 2.23. The molecule has 2 saturated heterocycles. The standard InChI is InChI=1S/C19H28N2O3/c1-3-8-24-18-7-4-14(13(2)9-18)12-20-19(23)21-15-5-6-16(21)11-17(22)10-15/h4,7,9,15-17,22H,3,5-6,8,10-12H2,1-2H3,(H,20,23)/t15-,16-/m0/s1. The van der Waals surface area contributed by atoms with Gasteiger partial charge in [0.05, 0.1) is 12.7 Å². The van der Waals surface area contributed by atoms with Gasteiger partial charge in [0.2, 0.25) is 0 Å². The first-order valence-corrected chi connectivity index (χ1v) is 9.05. The lowest BCUT2D eigenvalue weighted by Crippen LogP contribution is -2.51. The number of hydrogen-bond acceptors (Lipinski definition) is 3. The van der Waals surface area contributed by atoms with Crippen LogP contribution in [0.25, 0.3) is 0 Å². The Bertz CT molecular complexity index is 576. The molecule has 2 bridgehead atoms. The molecular weight excluding hydrogens is 304 g/mol. The molecule has 2 aliphatic heterocycles. The lowest BCUT2D eigenvalue weighted by molar-refractivity contribution is 0.0541. The quantitative estimate of drug-likeness (QED) is 0.871. The maximum atomic E-state index is 12.6. The lowest BCUT2D eigenvalue weighted by Gasteiger charge is -2.37. The van der Waals surface area contributed by atoms with E-state index in [2.05, 4.69) is 12.2 Å². The van der Waals surface area contributed by atoms with Crippen molar-refractivity contribution in [2.24, 2.45) is 0 Å². The first-order valence-electron chi connectivity index (χ1n) is 9.05. The molecule has 0 spiro atoms. The third kappa shape index (κ3) is 3.66. The Morgan fingerprint density at radius 1 is 1.33 bits per heavy atom. The normalized spacial score (nSPS) is 25.6. The third-order valence-electron chi connectivity index (χ3n) is 5.16.